The third kappa shape index (κ3) is 5.00. The monoisotopic (exact) mass is 399 g/mol. The van der Waals surface area contributed by atoms with E-state index in [1.54, 1.807) is 31.4 Å². The Morgan fingerprint density at radius 2 is 1.76 bits per heavy atom. The Morgan fingerprint density at radius 1 is 1.07 bits per heavy atom. The molecule has 1 aliphatic heterocycles. The number of hydrogen-bond donors (Lipinski definition) is 3. The van der Waals surface area contributed by atoms with Crippen LogP contribution in [0.15, 0.2) is 24.3 Å². The van der Waals surface area contributed by atoms with Crippen molar-refractivity contribution in [1.82, 2.24) is 14.9 Å². The lowest BCUT2D eigenvalue weighted by Crippen LogP contribution is -2.30. The summed E-state index contributed by atoms with van der Waals surface area (Å²) in [5, 5.41) is 8.25. The summed E-state index contributed by atoms with van der Waals surface area (Å²) >= 11 is 0. The molecule has 1 aromatic heterocycles. The van der Waals surface area contributed by atoms with Gasteiger partial charge in [0, 0.05) is 38.5 Å². The minimum atomic E-state index is -0.362. The molecule has 9 nitrogen and oxygen atoms in total. The van der Waals surface area contributed by atoms with Crippen molar-refractivity contribution < 1.29 is 19.1 Å². The quantitative estimate of drug-likeness (QED) is 0.615. The number of hydrogen-bond acceptors (Lipinski definition) is 5. The Balaban J connectivity index is 1.77. The van der Waals surface area contributed by atoms with Gasteiger partial charge in [0.1, 0.15) is 0 Å². The van der Waals surface area contributed by atoms with Crippen LogP contribution in [-0.4, -0.2) is 47.5 Å². The second kappa shape index (κ2) is 9.33. The first-order chi connectivity index (χ1) is 14.0. The van der Waals surface area contributed by atoms with Gasteiger partial charge in [-0.05, 0) is 43.5 Å². The number of nitrogens with one attached hydrogen (secondary N) is 3. The molecule has 3 amide bonds. The van der Waals surface area contributed by atoms with E-state index in [2.05, 4.69) is 20.9 Å². The van der Waals surface area contributed by atoms with Gasteiger partial charge in [0.25, 0.3) is 11.8 Å². The molecule has 3 N–H and O–H groups in total. The van der Waals surface area contributed by atoms with Crippen molar-refractivity contribution >= 4 is 29.1 Å². The van der Waals surface area contributed by atoms with E-state index in [-0.39, 0.29) is 29.2 Å². The molecule has 2 heterocycles. The van der Waals surface area contributed by atoms with E-state index in [0.29, 0.717) is 37.5 Å². The molecule has 0 saturated heterocycles. The van der Waals surface area contributed by atoms with Crippen LogP contribution in [0, 0.1) is 0 Å². The predicted octanol–water partition coefficient (Wildman–Crippen LogP) is 1.81. The molecule has 0 fully saturated rings. The maximum absolute atomic E-state index is 12.8. The minimum absolute atomic E-state index is 0.164. The van der Waals surface area contributed by atoms with E-state index in [9.17, 15) is 14.4 Å². The van der Waals surface area contributed by atoms with Crippen LogP contribution in [0.5, 0.6) is 0 Å². The molecule has 3 rings (SSSR count). The highest BCUT2D eigenvalue weighted by molar-refractivity contribution is 6.05. The van der Waals surface area contributed by atoms with Gasteiger partial charge in [-0.1, -0.05) is 0 Å². The second-order valence-corrected chi connectivity index (χ2v) is 6.80. The first-order valence-electron chi connectivity index (χ1n) is 9.55. The van der Waals surface area contributed by atoms with E-state index in [4.69, 9.17) is 4.74 Å². The Bertz CT molecular complexity index is 904. The number of methoxy groups -OCH3 is 1. The average molecular weight is 399 g/mol. The number of imidazole rings is 1. The highest BCUT2D eigenvalue weighted by atomic mass is 16.5. The molecular formula is C20H25N5O4. The summed E-state index contributed by atoms with van der Waals surface area (Å²) in [7, 11) is 1.56. The van der Waals surface area contributed by atoms with Gasteiger partial charge in [0.15, 0.2) is 11.5 Å². The predicted molar refractivity (Wildman–Crippen MR) is 108 cm³/mol. The Hall–Kier alpha value is -3.20. The van der Waals surface area contributed by atoms with E-state index in [1.807, 2.05) is 4.57 Å². The molecule has 0 atom stereocenters. The first-order valence-corrected chi connectivity index (χ1v) is 9.55. The molecule has 2 aromatic rings. The van der Waals surface area contributed by atoms with Gasteiger partial charge < -0.3 is 25.3 Å². The number of aromatic nitrogens is 2. The normalized spacial score (nSPS) is 12.8. The average Bonchev–Trinajstić information content (AvgIpc) is 3.09. The SMILES string of the molecule is COCCNC(=O)c1nc(C(=O)Nc2ccc(NC(C)=O)cc2)c2n1CCCC2. The summed E-state index contributed by atoms with van der Waals surface area (Å²) in [5.74, 6) is -0.590. The van der Waals surface area contributed by atoms with Crippen LogP contribution in [0.25, 0.3) is 0 Å². The first kappa shape index (κ1) is 20.5. The summed E-state index contributed by atoms with van der Waals surface area (Å²) in [6.07, 6.45) is 2.58. The molecule has 1 aromatic carbocycles. The van der Waals surface area contributed by atoms with Crippen molar-refractivity contribution in [1.29, 1.82) is 0 Å². The third-order valence-corrected chi connectivity index (χ3v) is 4.59. The zero-order chi connectivity index (χ0) is 20.8. The molecule has 0 unspecified atom stereocenters. The third-order valence-electron chi connectivity index (χ3n) is 4.59. The van der Waals surface area contributed by atoms with E-state index in [1.165, 1.54) is 6.92 Å². The molecule has 0 radical (unpaired) electrons. The molecule has 1 aliphatic rings. The zero-order valence-electron chi connectivity index (χ0n) is 16.6. The van der Waals surface area contributed by atoms with Crippen LogP contribution in [-0.2, 0) is 22.5 Å². The number of nitrogens with zero attached hydrogens (tertiary/aromatic N) is 2. The lowest BCUT2D eigenvalue weighted by Gasteiger charge is -2.17. The van der Waals surface area contributed by atoms with E-state index in [0.717, 1.165) is 18.5 Å². The highest BCUT2D eigenvalue weighted by Crippen LogP contribution is 2.22. The largest absolute Gasteiger partial charge is 0.383 e. The molecule has 0 aliphatic carbocycles. The van der Waals surface area contributed by atoms with Crippen molar-refractivity contribution in [3.05, 3.63) is 41.5 Å². The minimum Gasteiger partial charge on any atom is -0.383 e. The number of carbonyl (C=O) groups excluding carboxylic acids is 3. The summed E-state index contributed by atoms with van der Waals surface area (Å²) in [6.45, 7) is 2.87. The van der Waals surface area contributed by atoms with Crippen molar-refractivity contribution in [2.45, 2.75) is 32.7 Å². The van der Waals surface area contributed by atoms with Crippen molar-refractivity contribution in [3.8, 4) is 0 Å². The van der Waals surface area contributed by atoms with Gasteiger partial charge in [-0.25, -0.2) is 4.98 Å². The van der Waals surface area contributed by atoms with Gasteiger partial charge in [-0.15, -0.1) is 0 Å². The topological polar surface area (TPSA) is 114 Å². The Labute approximate surface area is 168 Å². The lowest BCUT2D eigenvalue weighted by atomic mass is 10.1. The molecule has 29 heavy (non-hydrogen) atoms. The number of benzene rings is 1. The van der Waals surface area contributed by atoms with Crippen LogP contribution < -0.4 is 16.0 Å². The Kier molecular flexibility index (Phi) is 6.61. The molecular weight excluding hydrogens is 374 g/mol. The van der Waals surface area contributed by atoms with Gasteiger partial charge in [-0.2, -0.15) is 0 Å². The van der Waals surface area contributed by atoms with Crippen LogP contribution in [0.1, 0.15) is 46.6 Å². The fourth-order valence-electron chi connectivity index (χ4n) is 3.27. The van der Waals surface area contributed by atoms with Crippen molar-refractivity contribution in [2.75, 3.05) is 30.9 Å². The van der Waals surface area contributed by atoms with E-state index >= 15 is 0 Å². The summed E-state index contributed by atoms with van der Waals surface area (Å²) in [6, 6.07) is 6.80. The molecule has 9 heteroatoms. The van der Waals surface area contributed by atoms with Crippen molar-refractivity contribution in [3.63, 3.8) is 0 Å². The number of amides is 3. The van der Waals surface area contributed by atoms with Gasteiger partial charge in [0.2, 0.25) is 5.91 Å². The smallest absolute Gasteiger partial charge is 0.287 e. The van der Waals surface area contributed by atoms with Crippen LogP contribution in [0.4, 0.5) is 11.4 Å². The second-order valence-electron chi connectivity index (χ2n) is 6.80. The lowest BCUT2D eigenvalue weighted by molar-refractivity contribution is -0.114. The number of fused-ring (bicyclic) bond motifs is 1. The number of ether oxygens (including phenoxy) is 1. The van der Waals surface area contributed by atoms with Crippen LogP contribution in [0.2, 0.25) is 0 Å². The summed E-state index contributed by atoms with van der Waals surface area (Å²) < 4.78 is 6.78. The van der Waals surface area contributed by atoms with Crippen LogP contribution in [0.3, 0.4) is 0 Å². The van der Waals surface area contributed by atoms with Gasteiger partial charge >= 0.3 is 0 Å². The van der Waals surface area contributed by atoms with Gasteiger partial charge in [-0.3, -0.25) is 14.4 Å². The van der Waals surface area contributed by atoms with E-state index < -0.39 is 0 Å². The fourth-order valence-corrected chi connectivity index (χ4v) is 3.27. The highest BCUT2D eigenvalue weighted by Gasteiger charge is 2.27. The summed E-state index contributed by atoms with van der Waals surface area (Å²) in [5.41, 5.74) is 2.27. The number of carbonyl (C=O) groups is 3. The number of anilines is 2. The summed E-state index contributed by atoms with van der Waals surface area (Å²) in [4.78, 5) is 40.8. The Morgan fingerprint density at radius 3 is 2.41 bits per heavy atom. The molecule has 0 spiro atoms. The standard InChI is InChI=1S/C20H25N5O4/c1-13(26)22-14-6-8-15(9-7-14)23-19(27)17-16-5-3-4-11-25(16)18(24-17)20(28)21-10-12-29-2/h6-9H,3-5,10-12H2,1-2H3,(H,21,28)(H,22,26)(H,23,27). The van der Waals surface area contributed by atoms with Crippen LogP contribution >= 0.6 is 0 Å². The fraction of sp³-hybridized carbons (Fsp3) is 0.400. The van der Waals surface area contributed by atoms with Gasteiger partial charge in [0.05, 0.1) is 12.3 Å². The maximum Gasteiger partial charge on any atom is 0.287 e. The molecule has 0 bridgehead atoms. The van der Waals surface area contributed by atoms with Crippen molar-refractivity contribution in [2.24, 2.45) is 0 Å². The maximum atomic E-state index is 12.8. The molecule has 154 valence electrons. The zero-order valence-corrected chi connectivity index (χ0v) is 16.6. The molecule has 0 saturated carbocycles. The number of rotatable bonds is 7.